The Bertz CT molecular complexity index is 3220. The van der Waals surface area contributed by atoms with Crippen LogP contribution in [0.15, 0.2) is 188 Å². The lowest BCUT2D eigenvalue weighted by Gasteiger charge is -2.10. The Morgan fingerprint density at radius 3 is 1.36 bits per heavy atom. The van der Waals surface area contributed by atoms with Gasteiger partial charge in [-0.2, -0.15) is 0 Å². The fourth-order valence-corrected chi connectivity index (χ4v) is 10.1. The molecule has 0 fully saturated rings. The van der Waals surface area contributed by atoms with E-state index in [4.69, 9.17) is 15.0 Å². The topological polar surface area (TPSA) is 38.7 Å². The lowest BCUT2D eigenvalue weighted by atomic mass is 9.94. The highest BCUT2D eigenvalue weighted by Gasteiger charge is 2.17. The summed E-state index contributed by atoms with van der Waals surface area (Å²) in [7, 11) is 0. The Balaban J connectivity index is 1.03. The van der Waals surface area contributed by atoms with Gasteiger partial charge in [-0.05, 0) is 63.7 Å². The molecule has 0 N–H and O–H groups in total. The van der Waals surface area contributed by atoms with Gasteiger partial charge in [-0.25, -0.2) is 15.0 Å². The van der Waals surface area contributed by atoms with E-state index < -0.39 is 0 Å². The predicted octanol–water partition coefficient (Wildman–Crippen LogP) is 14.6. The van der Waals surface area contributed by atoms with Crippen molar-refractivity contribution in [3.63, 3.8) is 0 Å². The third-order valence-corrected chi connectivity index (χ3v) is 12.8. The number of nitrogens with zero attached hydrogens (tertiary/aromatic N) is 3. The van der Waals surface area contributed by atoms with E-state index in [-0.39, 0.29) is 0 Å². The summed E-state index contributed by atoms with van der Waals surface area (Å²) in [5, 5.41) is 5.12. The summed E-state index contributed by atoms with van der Waals surface area (Å²) < 4.78 is 5.08. The van der Waals surface area contributed by atoms with Crippen molar-refractivity contribution in [2.24, 2.45) is 0 Å². The van der Waals surface area contributed by atoms with E-state index in [1.165, 1.54) is 68.2 Å². The molecule has 0 amide bonds. The average Bonchev–Trinajstić information content (AvgIpc) is 3.84. The van der Waals surface area contributed by atoms with Gasteiger partial charge in [0.25, 0.3) is 0 Å². The Morgan fingerprint density at radius 2 is 0.696 bits per heavy atom. The van der Waals surface area contributed by atoms with Crippen molar-refractivity contribution in [1.29, 1.82) is 0 Å². The zero-order chi connectivity index (χ0) is 37.0. The van der Waals surface area contributed by atoms with Gasteiger partial charge in [0.05, 0.1) is 0 Å². The van der Waals surface area contributed by atoms with Gasteiger partial charge in [-0.3, -0.25) is 0 Å². The summed E-state index contributed by atoms with van der Waals surface area (Å²) in [4.78, 5) is 15.1. The summed E-state index contributed by atoms with van der Waals surface area (Å²) in [6, 6.07) is 66.9. The van der Waals surface area contributed by atoms with Crippen molar-refractivity contribution in [2.45, 2.75) is 0 Å². The molecule has 56 heavy (non-hydrogen) atoms. The van der Waals surface area contributed by atoms with Crippen LogP contribution in [0.3, 0.4) is 0 Å². The van der Waals surface area contributed by atoms with Crippen molar-refractivity contribution < 1.29 is 0 Å². The second kappa shape index (κ2) is 13.5. The van der Waals surface area contributed by atoms with E-state index in [9.17, 15) is 0 Å². The molecule has 262 valence electrons. The molecule has 5 heteroatoms. The number of fused-ring (bicyclic) bond motifs is 6. The first-order valence-electron chi connectivity index (χ1n) is 18.7. The van der Waals surface area contributed by atoms with Gasteiger partial charge in [0, 0.05) is 57.0 Å². The van der Waals surface area contributed by atoms with Gasteiger partial charge in [0.2, 0.25) is 0 Å². The second-order valence-corrected chi connectivity index (χ2v) is 16.2. The summed E-state index contributed by atoms with van der Waals surface area (Å²) in [5.74, 6) is 1.97. The average molecular weight is 750 g/mol. The summed E-state index contributed by atoms with van der Waals surface area (Å²) in [6.45, 7) is 0. The number of hydrogen-bond acceptors (Lipinski definition) is 5. The van der Waals surface area contributed by atoms with Crippen LogP contribution in [0.1, 0.15) is 0 Å². The third kappa shape index (κ3) is 5.77. The van der Waals surface area contributed by atoms with Gasteiger partial charge >= 0.3 is 0 Å². The fourth-order valence-electron chi connectivity index (χ4n) is 7.76. The molecule has 0 unspecified atom stereocenters. The molecule has 0 saturated heterocycles. The molecule has 0 spiro atoms. The lowest BCUT2D eigenvalue weighted by Crippen LogP contribution is -2.00. The predicted molar refractivity (Wildman–Crippen MR) is 238 cm³/mol. The van der Waals surface area contributed by atoms with Crippen LogP contribution in [0, 0.1) is 0 Å². The summed E-state index contributed by atoms with van der Waals surface area (Å²) >= 11 is 3.69. The largest absolute Gasteiger partial charge is 0.208 e. The van der Waals surface area contributed by atoms with Crippen LogP contribution in [0.5, 0.6) is 0 Å². The Morgan fingerprint density at radius 1 is 0.268 bits per heavy atom. The minimum Gasteiger partial charge on any atom is -0.208 e. The van der Waals surface area contributed by atoms with E-state index in [1.807, 2.05) is 46.9 Å². The first kappa shape index (κ1) is 32.6. The van der Waals surface area contributed by atoms with E-state index in [2.05, 4.69) is 164 Å². The first-order valence-corrected chi connectivity index (χ1v) is 20.3. The van der Waals surface area contributed by atoms with Crippen LogP contribution >= 0.6 is 22.7 Å². The molecule has 3 nitrogen and oxygen atoms in total. The molecule has 0 atom stereocenters. The molecular weight excluding hydrogens is 719 g/mol. The van der Waals surface area contributed by atoms with E-state index >= 15 is 0 Å². The molecule has 0 aliphatic heterocycles. The van der Waals surface area contributed by atoms with Crippen LogP contribution < -0.4 is 0 Å². The number of benzene rings is 8. The van der Waals surface area contributed by atoms with Crippen molar-refractivity contribution >= 4 is 63.0 Å². The van der Waals surface area contributed by atoms with Crippen LogP contribution in [0.4, 0.5) is 0 Å². The molecule has 0 aliphatic rings. The van der Waals surface area contributed by atoms with Crippen LogP contribution in [-0.4, -0.2) is 15.0 Å². The third-order valence-electron chi connectivity index (χ3n) is 10.5. The highest BCUT2D eigenvalue weighted by Crippen LogP contribution is 2.45. The van der Waals surface area contributed by atoms with Crippen LogP contribution in [-0.2, 0) is 0 Å². The smallest absolute Gasteiger partial charge is 0.164 e. The number of thiophene rings is 2. The summed E-state index contributed by atoms with van der Waals surface area (Å²) in [6.07, 6.45) is 0. The van der Waals surface area contributed by atoms with E-state index in [0.29, 0.717) is 17.5 Å². The molecule has 3 heterocycles. The number of hydrogen-bond donors (Lipinski definition) is 0. The molecule has 11 aromatic rings. The van der Waals surface area contributed by atoms with Crippen molar-refractivity contribution in [1.82, 2.24) is 15.0 Å². The Kier molecular flexibility index (Phi) is 7.87. The van der Waals surface area contributed by atoms with Gasteiger partial charge < -0.3 is 0 Å². The van der Waals surface area contributed by atoms with Crippen LogP contribution in [0.25, 0.3) is 108 Å². The quantitative estimate of drug-likeness (QED) is 0.170. The Hall–Kier alpha value is -6.79. The standard InChI is InChI=1S/C51H31N3S2/c1-4-12-32(13-5-1)34-20-22-36(23-21-34)50-52-49(35-16-8-3-9-17-35)53-51(54-50)38-25-27-41-40-26-24-37(29-45(40)56-46(41)30-38)43-28-39(33-14-6-2-7-15-33)31-47-48(43)42-18-10-11-19-44(42)55-47/h1-31H. The minimum absolute atomic E-state index is 0.652. The maximum Gasteiger partial charge on any atom is 0.164 e. The molecule has 11 rings (SSSR count). The molecule has 3 aromatic heterocycles. The van der Waals surface area contributed by atoms with Crippen LogP contribution in [0.2, 0.25) is 0 Å². The molecule has 0 saturated carbocycles. The molecule has 0 bridgehead atoms. The SMILES string of the molecule is c1ccc(-c2ccc(-c3nc(-c4ccccc4)nc(-c4ccc5c(c4)sc4cc(-c6cc(-c7ccccc7)cc7sc8ccccc8c67)ccc45)n3)cc2)cc1. The minimum atomic E-state index is 0.652. The van der Waals surface area contributed by atoms with Crippen molar-refractivity contribution in [2.75, 3.05) is 0 Å². The maximum atomic E-state index is 5.08. The highest BCUT2D eigenvalue weighted by molar-refractivity contribution is 7.26. The fraction of sp³-hybridized carbons (Fsp3) is 0. The van der Waals surface area contributed by atoms with Gasteiger partial charge in [-0.1, -0.05) is 158 Å². The van der Waals surface area contributed by atoms with Crippen molar-refractivity contribution in [3.05, 3.63) is 188 Å². The molecular formula is C51H31N3S2. The molecule has 8 aromatic carbocycles. The van der Waals surface area contributed by atoms with Crippen molar-refractivity contribution in [3.8, 4) is 67.5 Å². The summed E-state index contributed by atoms with van der Waals surface area (Å²) in [5.41, 5.74) is 10.2. The molecule has 0 radical (unpaired) electrons. The van der Waals surface area contributed by atoms with Gasteiger partial charge in [-0.15, -0.1) is 22.7 Å². The van der Waals surface area contributed by atoms with E-state index in [0.717, 1.165) is 22.3 Å². The zero-order valence-corrected chi connectivity index (χ0v) is 31.7. The maximum absolute atomic E-state index is 5.08. The normalized spacial score (nSPS) is 11.6. The monoisotopic (exact) mass is 749 g/mol. The molecule has 0 aliphatic carbocycles. The zero-order valence-electron chi connectivity index (χ0n) is 30.1. The number of aromatic nitrogens is 3. The highest BCUT2D eigenvalue weighted by atomic mass is 32.1. The lowest BCUT2D eigenvalue weighted by molar-refractivity contribution is 1.07. The van der Waals surface area contributed by atoms with E-state index in [1.54, 1.807) is 0 Å². The van der Waals surface area contributed by atoms with Gasteiger partial charge in [0.15, 0.2) is 17.5 Å². The number of rotatable bonds is 6. The second-order valence-electron chi connectivity index (χ2n) is 14.0. The Labute approximate surface area is 331 Å². The first-order chi connectivity index (χ1) is 27.7. The van der Waals surface area contributed by atoms with Gasteiger partial charge in [0.1, 0.15) is 0 Å².